The lowest BCUT2D eigenvalue weighted by molar-refractivity contribution is -0.137. The minimum absolute atomic E-state index is 0.0292. The summed E-state index contributed by atoms with van der Waals surface area (Å²) in [5.74, 6) is -0.357. The zero-order valence-electron chi connectivity index (χ0n) is 11.4. The van der Waals surface area contributed by atoms with Crippen LogP contribution in [-0.4, -0.2) is 18.6 Å². The molecule has 0 spiro atoms. The molecule has 21 heavy (non-hydrogen) atoms. The van der Waals surface area contributed by atoms with Gasteiger partial charge in [0.15, 0.2) is 0 Å². The molecule has 1 aromatic rings. The van der Waals surface area contributed by atoms with Gasteiger partial charge in [-0.05, 0) is 36.6 Å². The van der Waals surface area contributed by atoms with Crippen molar-refractivity contribution in [1.82, 2.24) is 0 Å². The molecule has 1 saturated heterocycles. The van der Waals surface area contributed by atoms with Gasteiger partial charge in [-0.15, -0.1) is 0 Å². The number of halogens is 3. The van der Waals surface area contributed by atoms with Gasteiger partial charge in [0.25, 0.3) is 0 Å². The molecule has 1 amide bonds. The summed E-state index contributed by atoms with van der Waals surface area (Å²) in [4.78, 5) is 11.8. The summed E-state index contributed by atoms with van der Waals surface area (Å²) in [5, 5.41) is 2.48. The number of carbonyl (C=O) groups excluding carboxylic acids is 1. The molecule has 7 heteroatoms. The number of rotatable bonds is 4. The molecule has 1 unspecified atom stereocenters. The molecule has 116 valence electrons. The Kier molecular flexibility index (Phi) is 4.84. The topological polar surface area (TPSA) is 64.3 Å². The molecule has 0 bridgehead atoms. The highest BCUT2D eigenvalue weighted by atomic mass is 19.4. The molecule has 0 radical (unpaired) electrons. The summed E-state index contributed by atoms with van der Waals surface area (Å²) >= 11 is 0. The third-order valence-corrected chi connectivity index (χ3v) is 3.28. The van der Waals surface area contributed by atoms with Crippen LogP contribution in [0.5, 0.6) is 0 Å². The fraction of sp³-hybridized carbons (Fsp3) is 0.500. The Morgan fingerprint density at radius 1 is 1.38 bits per heavy atom. The van der Waals surface area contributed by atoms with E-state index in [0.29, 0.717) is 12.2 Å². The van der Waals surface area contributed by atoms with Gasteiger partial charge in [0.05, 0.1) is 18.1 Å². The number of alkyl halides is 3. The fourth-order valence-electron chi connectivity index (χ4n) is 2.27. The summed E-state index contributed by atoms with van der Waals surface area (Å²) in [7, 11) is 0. The van der Waals surface area contributed by atoms with Crippen molar-refractivity contribution in [3.8, 4) is 0 Å². The molecule has 1 aromatic carbocycles. The van der Waals surface area contributed by atoms with Crippen LogP contribution in [0.4, 0.5) is 18.9 Å². The second-order valence-corrected chi connectivity index (χ2v) is 5.01. The average Bonchev–Trinajstić information content (AvgIpc) is 2.89. The van der Waals surface area contributed by atoms with E-state index in [4.69, 9.17) is 10.5 Å². The number of carbonyl (C=O) groups is 1. The van der Waals surface area contributed by atoms with Crippen LogP contribution < -0.4 is 11.1 Å². The predicted molar refractivity (Wildman–Crippen MR) is 71.6 cm³/mol. The largest absolute Gasteiger partial charge is 0.416 e. The molecule has 2 rings (SSSR count). The summed E-state index contributed by atoms with van der Waals surface area (Å²) in [6.45, 7) is 0.595. The van der Waals surface area contributed by atoms with E-state index in [1.165, 1.54) is 6.07 Å². The van der Waals surface area contributed by atoms with Crippen molar-refractivity contribution in [1.29, 1.82) is 0 Å². The molecule has 1 fully saturated rings. The van der Waals surface area contributed by atoms with Crippen LogP contribution >= 0.6 is 0 Å². The van der Waals surface area contributed by atoms with Crippen LogP contribution in [0, 0.1) is 0 Å². The highest BCUT2D eigenvalue weighted by molar-refractivity contribution is 5.91. The Bertz CT molecular complexity index is 511. The number of anilines is 1. The minimum atomic E-state index is -4.47. The maximum Gasteiger partial charge on any atom is 0.416 e. The third-order valence-electron chi connectivity index (χ3n) is 3.28. The van der Waals surface area contributed by atoms with Crippen LogP contribution in [0.2, 0.25) is 0 Å². The highest BCUT2D eigenvalue weighted by Gasteiger charge is 2.31. The maximum atomic E-state index is 12.8. The monoisotopic (exact) mass is 302 g/mol. The van der Waals surface area contributed by atoms with Gasteiger partial charge in [-0.3, -0.25) is 4.79 Å². The number of nitrogens with two attached hydrogens (primary N) is 1. The van der Waals surface area contributed by atoms with Gasteiger partial charge < -0.3 is 15.8 Å². The van der Waals surface area contributed by atoms with Gasteiger partial charge in [-0.25, -0.2) is 0 Å². The number of benzene rings is 1. The van der Waals surface area contributed by atoms with Gasteiger partial charge in [-0.1, -0.05) is 0 Å². The molecular weight excluding hydrogens is 285 g/mol. The second kappa shape index (κ2) is 6.44. The van der Waals surface area contributed by atoms with Crippen LogP contribution in [0.1, 0.15) is 30.4 Å². The lowest BCUT2D eigenvalue weighted by Crippen LogP contribution is -2.20. The van der Waals surface area contributed by atoms with Crippen LogP contribution in [0.15, 0.2) is 18.2 Å². The first-order chi connectivity index (χ1) is 9.88. The number of nitrogens with one attached hydrogen (secondary N) is 1. The molecule has 4 nitrogen and oxygen atoms in total. The molecule has 1 aliphatic heterocycles. The molecule has 0 saturated carbocycles. The zero-order valence-corrected chi connectivity index (χ0v) is 11.4. The maximum absolute atomic E-state index is 12.8. The van der Waals surface area contributed by atoms with Gasteiger partial charge in [0, 0.05) is 18.8 Å². The SMILES string of the molecule is NCc1cc(NC(=O)CC2CCCO2)cc(C(F)(F)F)c1. The van der Waals surface area contributed by atoms with Gasteiger partial charge in [0.1, 0.15) is 0 Å². The van der Waals surface area contributed by atoms with Crippen LogP contribution in [0.25, 0.3) is 0 Å². The zero-order chi connectivity index (χ0) is 15.5. The first kappa shape index (κ1) is 15.8. The first-order valence-electron chi connectivity index (χ1n) is 6.71. The van der Waals surface area contributed by atoms with E-state index in [2.05, 4.69) is 5.32 Å². The van der Waals surface area contributed by atoms with E-state index in [1.807, 2.05) is 0 Å². The predicted octanol–water partition coefficient (Wildman–Crippen LogP) is 2.67. The average molecular weight is 302 g/mol. The number of amides is 1. The third kappa shape index (κ3) is 4.44. The number of ether oxygens (including phenoxy) is 1. The number of hydrogen-bond donors (Lipinski definition) is 2. The number of hydrogen-bond acceptors (Lipinski definition) is 3. The smallest absolute Gasteiger partial charge is 0.378 e. The van der Waals surface area contributed by atoms with Crippen LogP contribution in [-0.2, 0) is 22.3 Å². The van der Waals surface area contributed by atoms with E-state index < -0.39 is 11.7 Å². The lowest BCUT2D eigenvalue weighted by atomic mass is 10.1. The summed E-state index contributed by atoms with van der Waals surface area (Å²) < 4.78 is 43.7. The quantitative estimate of drug-likeness (QED) is 0.898. The van der Waals surface area contributed by atoms with Crippen LogP contribution in [0.3, 0.4) is 0 Å². The summed E-state index contributed by atoms with van der Waals surface area (Å²) in [6, 6.07) is 3.34. The van der Waals surface area contributed by atoms with Crippen molar-refractivity contribution in [2.24, 2.45) is 5.73 Å². The molecule has 1 atom stereocenters. The van der Waals surface area contributed by atoms with Gasteiger partial charge >= 0.3 is 6.18 Å². The van der Waals surface area contributed by atoms with Gasteiger partial charge in [0.2, 0.25) is 5.91 Å². The van der Waals surface area contributed by atoms with Crippen molar-refractivity contribution in [2.45, 2.75) is 38.1 Å². The van der Waals surface area contributed by atoms with E-state index in [-0.39, 0.29) is 30.7 Å². The van der Waals surface area contributed by atoms with Crippen molar-refractivity contribution in [2.75, 3.05) is 11.9 Å². The Hall–Kier alpha value is -1.60. The molecular formula is C14H17F3N2O2. The van der Waals surface area contributed by atoms with E-state index >= 15 is 0 Å². The van der Waals surface area contributed by atoms with E-state index in [0.717, 1.165) is 25.0 Å². The molecule has 1 aliphatic rings. The van der Waals surface area contributed by atoms with Crippen molar-refractivity contribution in [3.05, 3.63) is 29.3 Å². The molecule has 1 heterocycles. The Labute approximate surface area is 120 Å². The highest BCUT2D eigenvalue weighted by Crippen LogP contribution is 2.32. The minimum Gasteiger partial charge on any atom is -0.378 e. The normalized spacial score (nSPS) is 18.8. The van der Waals surface area contributed by atoms with Crippen molar-refractivity contribution in [3.63, 3.8) is 0 Å². The standard InChI is InChI=1S/C14H17F3N2O2/c15-14(16,17)10-4-9(8-18)5-11(6-10)19-13(20)7-12-2-1-3-21-12/h4-6,12H,1-3,7-8,18H2,(H,19,20). The Morgan fingerprint density at radius 2 is 2.14 bits per heavy atom. The Balaban J connectivity index is 2.09. The van der Waals surface area contributed by atoms with Crippen molar-refractivity contribution < 1.29 is 22.7 Å². The summed E-state index contributed by atoms with van der Waals surface area (Å²) in [5.41, 5.74) is 4.99. The van der Waals surface area contributed by atoms with E-state index in [1.54, 1.807) is 0 Å². The summed E-state index contributed by atoms with van der Waals surface area (Å²) in [6.07, 6.45) is -2.78. The second-order valence-electron chi connectivity index (χ2n) is 5.01. The van der Waals surface area contributed by atoms with E-state index in [9.17, 15) is 18.0 Å². The van der Waals surface area contributed by atoms with Gasteiger partial charge in [-0.2, -0.15) is 13.2 Å². The molecule has 3 N–H and O–H groups in total. The molecule has 0 aliphatic carbocycles. The Morgan fingerprint density at radius 3 is 2.71 bits per heavy atom. The molecule has 0 aromatic heterocycles. The lowest BCUT2D eigenvalue weighted by Gasteiger charge is -2.13. The fourth-order valence-corrected chi connectivity index (χ4v) is 2.27. The van der Waals surface area contributed by atoms with Crippen molar-refractivity contribution >= 4 is 11.6 Å². The first-order valence-corrected chi connectivity index (χ1v) is 6.71.